The molecule has 118 valence electrons. The number of nitrogens with zero attached hydrogens (tertiary/aromatic N) is 1. The summed E-state index contributed by atoms with van der Waals surface area (Å²) in [5.41, 5.74) is 6.80. The second-order valence-electron chi connectivity index (χ2n) is 4.62. The van der Waals surface area contributed by atoms with Gasteiger partial charge in [-0.15, -0.1) is 24.0 Å². The van der Waals surface area contributed by atoms with E-state index in [1.54, 1.807) is 19.2 Å². The van der Waals surface area contributed by atoms with E-state index >= 15 is 0 Å². The third kappa shape index (κ3) is 7.89. The molecule has 1 rings (SSSR count). The fourth-order valence-corrected chi connectivity index (χ4v) is 1.78. The first-order valence-electron chi connectivity index (χ1n) is 7.00. The molecule has 0 aliphatic heterocycles. The van der Waals surface area contributed by atoms with Crippen LogP contribution in [0.4, 0.5) is 0 Å². The van der Waals surface area contributed by atoms with Crippen LogP contribution >= 0.6 is 24.0 Å². The number of carbonyl (C=O) groups excluding carboxylic acids is 1. The zero-order valence-electron chi connectivity index (χ0n) is 12.7. The Hall–Kier alpha value is -1.31. The molecule has 0 saturated carbocycles. The Kier molecular flexibility index (Phi) is 10.7. The average molecular weight is 404 g/mol. The number of benzene rings is 1. The van der Waals surface area contributed by atoms with Crippen LogP contribution < -0.4 is 16.4 Å². The van der Waals surface area contributed by atoms with Gasteiger partial charge in [0.2, 0.25) is 5.91 Å². The molecule has 1 aromatic carbocycles. The molecule has 1 aromatic rings. The summed E-state index contributed by atoms with van der Waals surface area (Å²) in [5, 5.41) is 6.50. The van der Waals surface area contributed by atoms with Crippen LogP contribution in [0, 0.1) is 0 Å². The first-order valence-corrected chi connectivity index (χ1v) is 7.00. The monoisotopic (exact) mass is 404 g/mol. The zero-order chi connectivity index (χ0) is 14.8. The molecule has 6 heteroatoms. The van der Waals surface area contributed by atoms with Gasteiger partial charge in [0.15, 0.2) is 5.96 Å². The summed E-state index contributed by atoms with van der Waals surface area (Å²) in [7, 11) is 1.76. The van der Waals surface area contributed by atoms with Crippen molar-refractivity contribution in [1.29, 1.82) is 0 Å². The summed E-state index contributed by atoms with van der Waals surface area (Å²) in [5.74, 6) is 0.387. The molecule has 0 spiro atoms. The minimum absolute atomic E-state index is 0. The number of nitrogens with one attached hydrogen (secondary N) is 2. The van der Waals surface area contributed by atoms with E-state index in [-0.39, 0.29) is 24.0 Å². The number of guanidine groups is 1. The summed E-state index contributed by atoms with van der Waals surface area (Å²) in [4.78, 5) is 15.1. The second-order valence-corrected chi connectivity index (χ2v) is 4.62. The molecule has 4 N–H and O–H groups in total. The molecule has 0 fully saturated rings. The molecular formula is C15H25IN4O. The van der Waals surface area contributed by atoms with Gasteiger partial charge in [0.05, 0.1) is 0 Å². The normalized spacial score (nSPS) is 10.7. The molecule has 0 unspecified atom stereocenters. The van der Waals surface area contributed by atoms with Crippen molar-refractivity contribution in [3.63, 3.8) is 0 Å². The van der Waals surface area contributed by atoms with Gasteiger partial charge in [-0.05, 0) is 24.1 Å². The number of nitrogens with two attached hydrogens (primary N) is 1. The van der Waals surface area contributed by atoms with Crippen molar-refractivity contribution in [1.82, 2.24) is 10.6 Å². The minimum atomic E-state index is -0.405. The zero-order valence-corrected chi connectivity index (χ0v) is 15.0. The molecule has 0 bridgehead atoms. The lowest BCUT2D eigenvalue weighted by Gasteiger charge is -2.11. The molecular weight excluding hydrogens is 379 g/mol. The van der Waals surface area contributed by atoms with Crippen molar-refractivity contribution in [3.05, 3.63) is 35.4 Å². The number of carbonyl (C=O) groups is 1. The number of hydrogen-bond acceptors (Lipinski definition) is 2. The Bertz CT molecular complexity index is 445. The Labute approximate surface area is 143 Å². The molecule has 21 heavy (non-hydrogen) atoms. The molecule has 0 saturated heterocycles. The van der Waals surface area contributed by atoms with Crippen molar-refractivity contribution in [2.45, 2.75) is 32.7 Å². The SMILES string of the molecule is CCCCCNC(=NC)NCc1ccc(C(N)=O)cc1.I. The van der Waals surface area contributed by atoms with Gasteiger partial charge in [0.1, 0.15) is 0 Å². The summed E-state index contributed by atoms with van der Waals surface area (Å²) in [6, 6.07) is 7.24. The molecule has 5 nitrogen and oxygen atoms in total. The van der Waals surface area contributed by atoms with Gasteiger partial charge in [-0.2, -0.15) is 0 Å². The fourth-order valence-electron chi connectivity index (χ4n) is 1.78. The summed E-state index contributed by atoms with van der Waals surface area (Å²) in [6.45, 7) is 3.77. The lowest BCUT2D eigenvalue weighted by atomic mass is 10.1. The van der Waals surface area contributed by atoms with E-state index in [1.807, 2.05) is 12.1 Å². The van der Waals surface area contributed by atoms with E-state index in [0.717, 1.165) is 24.5 Å². The van der Waals surface area contributed by atoms with Crippen molar-refractivity contribution >= 4 is 35.8 Å². The molecule has 0 aliphatic carbocycles. The van der Waals surface area contributed by atoms with Gasteiger partial charge in [0, 0.05) is 25.7 Å². The van der Waals surface area contributed by atoms with E-state index in [1.165, 1.54) is 12.8 Å². The third-order valence-corrected chi connectivity index (χ3v) is 2.99. The highest BCUT2D eigenvalue weighted by Crippen LogP contribution is 2.03. The average Bonchev–Trinajstić information content (AvgIpc) is 2.47. The van der Waals surface area contributed by atoms with Crippen LogP contribution in [0.2, 0.25) is 0 Å². The van der Waals surface area contributed by atoms with Crippen LogP contribution in [0.1, 0.15) is 42.1 Å². The number of amides is 1. The van der Waals surface area contributed by atoms with Gasteiger partial charge in [-0.3, -0.25) is 9.79 Å². The Morgan fingerprint density at radius 3 is 2.38 bits per heavy atom. The highest BCUT2D eigenvalue weighted by molar-refractivity contribution is 14.0. The van der Waals surface area contributed by atoms with Gasteiger partial charge >= 0.3 is 0 Å². The summed E-state index contributed by atoms with van der Waals surface area (Å²) < 4.78 is 0. The van der Waals surface area contributed by atoms with E-state index in [0.29, 0.717) is 12.1 Å². The lowest BCUT2D eigenvalue weighted by molar-refractivity contribution is 0.100. The van der Waals surface area contributed by atoms with E-state index in [2.05, 4.69) is 22.5 Å². The van der Waals surface area contributed by atoms with Crippen molar-refractivity contribution in [2.24, 2.45) is 10.7 Å². The largest absolute Gasteiger partial charge is 0.366 e. The van der Waals surface area contributed by atoms with Crippen LogP contribution in [-0.4, -0.2) is 25.5 Å². The Balaban J connectivity index is 0.00000400. The predicted molar refractivity (Wildman–Crippen MR) is 98.1 cm³/mol. The Morgan fingerprint density at radius 1 is 1.19 bits per heavy atom. The van der Waals surface area contributed by atoms with Gasteiger partial charge < -0.3 is 16.4 Å². The standard InChI is InChI=1S/C15H24N4O.HI/c1-3-4-5-10-18-15(17-2)19-11-12-6-8-13(9-7-12)14(16)20;/h6-9H,3-5,10-11H2,1-2H3,(H2,16,20)(H2,17,18,19);1H. The number of halogens is 1. The summed E-state index contributed by atoms with van der Waals surface area (Å²) in [6.07, 6.45) is 3.57. The van der Waals surface area contributed by atoms with Gasteiger partial charge in [-0.25, -0.2) is 0 Å². The minimum Gasteiger partial charge on any atom is -0.366 e. The van der Waals surface area contributed by atoms with E-state index < -0.39 is 5.91 Å². The van der Waals surface area contributed by atoms with Crippen LogP contribution in [0.15, 0.2) is 29.3 Å². The maximum absolute atomic E-state index is 11.0. The lowest BCUT2D eigenvalue weighted by Crippen LogP contribution is -2.37. The number of rotatable bonds is 7. The number of hydrogen-bond donors (Lipinski definition) is 3. The molecule has 0 aromatic heterocycles. The number of unbranched alkanes of at least 4 members (excludes halogenated alkanes) is 2. The first kappa shape index (κ1) is 19.7. The number of primary amides is 1. The fraction of sp³-hybridized carbons (Fsp3) is 0.467. The quantitative estimate of drug-likeness (QED) is 0.282. The Morgan fingerprint density at radius 2 is 1.86 bits per heavy atom. The van der Waals surface area contributed by atoms with Crippen molar-refractivity contribution in [2.75, 3.05) is 13.6 Å². The molecule has 1 amide bonds. The van der Waals surface area contributed by atoms with Crippen molar-refractivity contribution < 1.29 is 4.79 Å². The first-order chi connectivity index (χ1) is 9.67. The van der Waals surface area contributed by atoms with Crippen molar-refractivity contribution in [3.8, 4) is 0 Å². The molecule has 0 aliphatic rings. The third-order valence-electron chi connectivity index (χ3n) is 2.99. The second kappa shape index (κ2) is 11.4. The van der Waals surface area contributed by atoms with Crippen LogP contribution in [0.25, 0.3) is 0 Å². The van der Waals surface area contributed by atoms with Crippen LogP contribution in [0.5, 0.6) is 0 Å². The van der Waals surface area contributed by atoms with Crippen LogP contribution in [0.3, 0.4) is 0 Å². The number of aliphatic imine (C=N–C) groups is 1. The smallest absolute Gasteiger partial charge is 0.248 e. The highest BCUT2D eigenvalue weighted by atomic mass is 127. The summed E-state index contributed by atoms with van der Waals surface area (Å²) >= 11 is 0. The van der Waals surface area contributed by atoms with Gasteiger partial charge in [0.25, 0.3) is 0 Å². The maximum atomic E-state index is 11.0. The van der Waals surface area contributed by atoms with Gasteiger partial charge in [-0.1, -0.05) is 31.9 Å². The highest BCUT2D eigenvalue weighted by Gasteiger charge is 2.01. The molecule has 0 heterocycles. The maximum Gasteiger partial charge on any atom is 0.248 e. The van der Waals surface area contributed by atoms with Crippen LogP contribution in [-0.2, 0) is 6.54 Å². The van der Waals surface area contributed by atoms with E-state index in [4.69, 9.17) is 5.73 Å². The molecule has 0 atom stereocenters. The predicted octanol–water partition coefficient (Wildman–Crippen LogP) is 2.26. The molecule has 0 radical (unpaired) electrons. The topological polar surface area (TPSA) is 79.5 Å². The van der Waals surface area contributed by atoms with E-state index in [9.17, 15) is 4.79 Å².